The number of aromatic nitrogens is 2. The first-order valence-electron chi connectivity index (χ1n) is 8.66. The van der Waals surface area contributed by atoms with E-state index in [0.29, 0.717) is 5.41 Å². The third-order valence-electron chi connectivity index (χ3n) is 5.40. The van der Waals surface area contributed by atoms with E-state index in [9.17, 15) is 0 Å². The molecule has 0 unspecified atom stereocenters. The van der Waals surface area contributed by atoms with Crippen LogP contribution in [0.3, 0.4) is 0 Å². The summed E-state index contributed by atoms with van der Waals surface area (Å²) >= 11 is 0. The minimum Gasteiger partial charge on any atom is -0.356 e. The van der Waals surface area contributed by atoms with Crippen LogP contribution in [0.4, 0.5) is 0 Å². The van der Waals surface area contributed by atoms with Crippen LogP contribution in [0.1, 0.15) is 44.3 Å². The third-order valence-corrected chi connectivity index (χ3v) is 5.40. The summed E-state index contributed by atoms with van der Waals surface area (Å²) in [6.07, 6.45) is 11.9. The fourth-order valence-electron chi connectivity index (χ4n) is 3.78. The second-order valence-electron chi connectivity index (χ2n) is 6.87. The van der Waals surface area contributed by atoms with E-state index in [-0.39, 0.29) is 0 Å². The Labute approximate surface area is 133 Å². The number of likely N-dealkylation sites (tertiary alicyclic amines) is 1. The van der Waals surface area contributed by atoms with Crippen LogP contribution in [0.15, 0.2) is 17.4 Å². The van der Waals surface area contributed by atoms with Crippen molar-refractivity contribution >= 4 is 5.96 Å². The Kier molecular flexibility index (Phi) is 4.69. The van der Waals surface area contributed by atoms with E-state index in [1.54, 1.807) is 0 Å². The smallest absolute Gasteiger partial charge is 0.193 e. The number of nitrogens with zero attached hydrogens (tertiary/aromatic N) is 4. The molecule has 1 saturated carbocycles. The van der Waals surface area contributed by atoms with Crippen molar-refractivity contribution in [3.05, 3.63) is 18.2 Å². The van der Waals surface area contributed by atoms with E-state index in [1.165, 1.54) is 45.2 Å². The Morgan fingerprint density at radius 1 is 1.36 bits per heavy atom. The van der Waals surface area contributed by atoms with Crippen molar-refractivity contribution in [1.82, 2.24) is 19.8 Å². The van der Waals surface area contributed by atoms with Gasteiger partial charge < -0.3 is 14.8 Å². The first-order chi connectivity index (χ1) is 10.7. The van der Waals surface area contributed by atoms with Gasteiger partial charge in [0.2, 0.25) is 0 Å². The van der Waals surface area contributed by atoms with Gasteiger partial charge in [-0.2, -0.15) is 0 Å². The summed E-state index contributed by atoms with van der Waals surface area (Å²) in [5, 5.41) is 3.54. The van der Waals surface area contributed by atoms with Crippen molar-refractivity contribution < 1.29 is 0 Å². The Morgan fingerprint density at radius 2 is 2.23 bits per heavy atom. The summed E-state index contributed by atoms with van der Waals surface area (Å²) in [6, 6.07) is 0. The Bertz CT molecular complexity index is 515. The SMILES string of the molecule is CN=C(NCCCCn1ccnc1C)N1CCC2(CCC2)C1. The highest BCUT2D eigenvalue weighted by molar-refractivity contribution is 5.80. The van der Waals surface area contributed by atoms with Crippen LogP contribution in [0.2, 0.25) is 0 Å². The molecule has 0 amide bonds. The van der Waals surface area contributed by atoms with Crippen LogP contribution in [-0.4, -0.2) is 47.1 Å². The summed E-state index contributed by atoms with van der Waals surface area (Å²) in [5.74, 6) is 2.20. The van der Waals surface area contributed by atoms with Crippen LogP contribution in [0.25, 0.3) is 0 Å². The molecule has 3 rings (SSSR count). The average Bonchev–Trinajstić information content (AvgIpc) is 3.09. The summed E-state index contributed by atoms with van der Waals surface area (Å²) in [5.41, 5.74) is 0.635. The molecule has 0 radical (unpaired) electrons. The Hall–Kier alpha value is -1.52. The molecule has 1 saturated heterocycles. The van der Waals surface area contributed by atoms with E-state index < -0.39 is 0 Å². The van der Waals surface area contributed by atoms with Gasteiger partial charge in [-0.15, -0.1) is 0 Å². The number of rotatable bonds is 5. The highest BCUT2D eigenvalue weighted by atomic mass is 15.3. The standard InChI is InChI=1S/C17H29N5/c1-15-19-10-13-21(15)11-4-3-9-20-16(18-2)22-12-8-17(14-22)6-5-7-17/h10,13H,3-9,11-12,14H2,1-2H3,(H,18,20). The van der Waals surface area contributed by atoms with E-state index in [0.717, 1.165) is 31.3 Å². The van der Waals surface area contributed by atoms with Gasteiger partial charge in [-0.3, -0.25) is 4.99 Å². The molecule has 1 aromatic heterocycles. The van der Waals surface area contributed by atoms with Gasteiger partial charge in [-0.05, 0) is 44.4 Å². The maximum Gasteiger partial charge on any atom is 0.193 e. The molecule has 0 bridgehead atoms. The number of nitrogens with one attached hydrogen (secondary N) is 1. The summed E-state index contributed by atoms with van der Waals surface area (Å²) in [7, 11) is 1.91. The number of imidazole rings is 1. The molecule has 122 valence electrons. The van der Waals surface area contributed by atoms with Crippen molar-refractivity contribution in [2.75, 3.05) is 26.7 Å². The molecule has 1 spiro atoms. The molecular formula is C17H29N5. The van der Waals surface area contributed by atoms with E-state index in [2.05, 4.69) is 37.9 Å². The van der Waals surface area contributed by atoms with Gasteiger partial charge in [0.15, 0.2) is 5.96 Å². The lowest BCUT2D eigenvalue weighted by molar-refractivity contribution is 0.151. The molecule has 1 aromatic rings. The lowest BCUT2D eigenvalue weighted by Crippen LogP contribution is -2.42. The van der Waals surface area contributed by atoms with Crippen molar-refractivity contribution in [3.63, 3.8) is 0 Å². The molecule has 5 heteroatoms. The van der Waals surface area contributed by atoms with Crippen LogP contribution in [-0.2, 0) is 6.54 Å². The first-order valence-corrected chi connectivity index (χ1v) is 8.66. The van der Waals surface area contributed by atoms with Crippen molar-refractivity contribution in [2.24, 2.45) is 10.4 Å². The van der Waals surface area contributed by atoms with Crippen LogP contribution in [0, 0.1) is 12.3 Å². The van der Waals surface area contributed by atoms with E-state index in [4.69, 9.17) is 0 Å². The first kappa shape index (κ1) is 15.4. The number of hydrogen-bond donors (Lipinski definition) is 1. The number of aliphatic imine (C=N–C) groups is 1. The van der Waals surface area contributed by atoms with Gasteiger partial charge >= 0.3 is 0 Å². The van der Waals surface area contributed by atoms with Gasteiger partial charge in [0.05, 0.1) is 0 Å². The summed E-state index contributed by atoms with van der Waals surface area (Å²) < 4.78 is 2.22. The van der Waals surface area contributed by atoms with Gasteiger partial charge in [0.25, 0.3) is 0 Å². The number of aryl methyl sites for hydroxylation is 2. The molecule has 0 aromatic carbocycles. The molecule has 22 heavy (non-hydrogen) atoms. The largest absolute Gasteiger partial charge is 0.356 e. The highest BCUT2D eigenvalue weighted by Gasteiger charge is 2.43. The second-order valence-corrected chi connectivity index (χ2v) is 6.87. The topological polar surface area (TPSA) is 45.5 Å². The molecule has 1 N–H and O–H groups in total. The van der Waals surface area contributed by atoms with E-state index >= 15 is 0 Å². The molecule has 5 nitrogen and oxygen atoms in total. The molecule has 0 atom stereocenters. The van der Waals surface area contributed by atoms with Crippen LogP contribution < -0.4 is 5.32 Å². The maximum absolute atomic E-state index is 4.47. The van der Waals surface area contributed by atoms with Gasteiger partial charge in [-0.1, -0.05) is 6.42 Å². The zero-order valence-corrected chi connectivity index (χ0v) is 14.0. The molecule has 1 aliphatic carbocycles. The van der Waals surface area contributed by atoms with Gasteiger partial charge in [0, 0.05) is 45.6 Å². The lowest BCUT2D eigenvalue weighted by Gasteiger charge is -2.38. The highest BCUT2D eigenvalue weighted by Crippen LogP contribution is 2.47. The zero-order chi connectivity index (χ0) is 15.4. The number of unbranched alkanes of at least 4 members (excludes halogenated alkanes) is 1. The number of guanidine groups is 1. The minimum absolute atomic E-state index is 0.635. The summed E-state index contributed by atoms with van der Waals surface area (Å²) in [4.78, 5) is 11.2. The predicted molar refractivity (Wildman–Crippen MR) is 90.0 cm³/mol. The fraction of sp³-hybridized carbons (Fsp3) is 0.765. The number of hydrogen-bond acceptors (Lipinski definition) is 2. The molecule has 2 fully saturated rings. The average molecular weight is 303 g/mol. The van der Waals surface area contributed by atoms with E-state index in [1.807, 2.05) is 13.2 Å². The minimum atomic E-state index is 0.635. The van der Waals surface area contributed by atoms with Crippen LogP contribution >= 0.6 is 0 Å². The fourth-order valence-corrected chi connectivity index (χ4v) is 3.78. The van der Waals surface area contributed by atoms with Gasteiger partial charge in [0.1, 0.15) is 5.82 Å². The third kappa shape index (κ3) is 3.28. The molecule has 2 aliphatic rings. The maximum atomic E-state index is 4.47. The quantitative estimate of drug-likeness (QED) is 0.516. The monoisotopic (exact) mass is 303 g/mol. The van der Waals surface area contributed by atoms with Crippen molar-refractivity contribution in [1.29, 1.82) is 0 Å². The lowest BCUT2D eigenvalue weighted by atomic mass is 9.68. The zero-order valence-electron chi connectivity index (χ0n) is 14.0. The van der Waals surface area contributed by atoms with Crippen LogP contribution in [0.5, 0.6) is 0 Å². The van der Waals surface area contributed by atoms with Crippen molar-refractivity contribution in [3.8, 4) is 0 Å². The normalized spacial score (nSPS) is 20.5. The second kappa shape index (κ2) is 6.71. The molecular weight excluding hydrogens is 274 g/mol. The Morgan fingerprint density at radius 3 is 2.82 bits per heavy atom. The van der Waals surface area contributed by atoms with Gasteiger partial charge in [-0.25, -0.2) is 4.98 Å². The Balaban J connectivity index is 1.36. The van der Waals surface area contributed by atoms with Crippen molar-refractivity contribution in [2.45, 2.75) is 52.0 Å². The molecule has 1 aliphatic heterocycles. The summed E-state index contributed by atoms with van der Waals surface area (Å²) in [6.45, 7) is 6.50. The predicted octanol–water partition coefficient (Wildman–Crippen LogP) is 2.42. The molecule has 2 heterocycles.